The van der Waals surface area contributed by atoms with E-state index in [2.05, 4.69) is 0 Å². The first kappa shape index (κ1) is 12.1. The normalized spacial score (nSPS) is 33.9. The van der Waals surface area contributed by atoms with Gasteiger partial charge < -0.3 is 14.7 Å². The molecule has 1 saturated heterocycles. The lowest BCUT2D eigenvalue weighted by atomic mass is 9.99. The third-order valence-corrected chi connectivity index (χ3v) is 3.25. The number of ether oxygens (including phenoxy) is 1. The lowest BCUT2D eigenvalue weighted by Gasteiger charge is -2.43. The lowest BCUT2D eigenvalue weighted by Crippen LogP contribution is -2.58. The highest BCUT2D eigenvalue weighted by Crippen LogP contribution is 2.34. The van der Waals surface area contributed by atoms with E-state index >= 15 is 0 Å². The second-order valence-electron chi connectivity index (χ2n) is 4.59. The van der Waals surface area contributed by atoms with Gasteiger partial charge in [0.15, 0.2) is 0 Å². The predicted molar refractivity (Wildman–Crippen MR) is 63.1 cm³/mol. The van der Waals surface area contributed by atoms with E-state index in [4.69, 9.17) is 4.74 Å². The molecule has 0 saturated carbocycles. The van der Waals surface area contributed by atoms with E-state index in [0.29, 0.717) is 0 Å². The Morgan fingerprint density at radius 2 is 1.94 bits per heavy atom. The molecule has 1 aliphatic heterocycles. The van der Waals surface area contributed by atoms with E-state index < -0.39 is 11.7 Å². The molecule has 1 heterocycles. The van der Waals surface area contributed by atoms with Crippen LogP contribution in [0, 0.1) is 0 Å². The monoisotopic (exact) mass is 235 g/mol. The molecule has 0 unspecified atom stereocenters. The Bertz CT molecular complexity index is 416. The van der Waals surface area contributed by atoms with Crippen molar-refractivity contribution in [2.75, 3.05) is 7.05 Å². The van der Waals surface area contributed by atoms with Crippen LogP contribution in [-0.4, -0.2) is 34.8 Å². The van der Waals surface area contributed by atoms with Crippen LogP contribution in [0.15, 0.2) is 30.3 Å². The number of benzene rings is 1. The van der Waals surface area contributed by atoms with Crippen molar-refractivity contribution in [1.29, 1.82) is 0 Å². The average Bonchev–Trinajstić information content (AvgIpc) is 2.33. The number of aliphatic hydroxyl groups is 1. The third kappa shape index (κ3) is 2.06. The van der Waals surface area contributed by atoms with Crippen molar-refractivity contribution < 1.29 is 14.6 Å². The highest BCUT2D eigenvalue weighted by atomic mass is 16.6. The molecule has 1 aliphatic rings. The van der Waals surface area contributed by atoms with Gasteiger partial charge in [0.2, 0.25) is 5.79 Å². The van der Waals surface area contributed by atoms with Crippen molar-refractivity contribution in [2.24, 2.45) is 0 Å². The number of nitrogens with zero attached hydrogens (tertiary/aromatic N) is 1. The summed E-state index contributed by atoms with van der Waals surface area (Å²) in [4.78, 5) is 13.3. The minimum atomic E-state index is -1.75. The third-order valence-electron chi connectivity index (χ3n) is 3.25. The van der Waals surface area contributed by atoms with E-state index in [1.54, 1.807) is 7.05 Å². The van der Waals surface area contributed by atoms with Gasteiger partial charge in [-0.05, 0) is 19.4 Å². The van der Waals surface area contributed by atoms with Crippen LogP contribution in [0.1, 0.15) is 25.5 Å². The van der Waals surface area contributed by atoms with Crippen molar-refractivity contribution in [3.05, 3.63) is 35.9 Å². The van der Waals surface area contributed by atoms with E-state index in [1.165, 1.54) is 11.8 Å². The van der Waals surface area contributed by atoms with Gasteiger partial charge in [0, 0.05) is 7.05 Å². The van der Waals surface area contributed by atoms with Crippen LogP contribution >= 0.6 is 0 Å². The first-order chi connectivity index (χ1) is 7.93. The number of hydrogen-bond donors (Lipinski definition) is 1. The number of carbonyl (C=O) groups excluding carboxylic acids is 1. The Balaban J connectivity index is 2.33. The van der Waals surface area contributed by atoms with Gasteiger partial charge in [0.05, 0.1) is 6.04 Å². The van der Waals surface area contributed by atoms with Gasteiger partial charge in [-0.1, -0.05) is 30.3 Å². The fraction of sp³-hybridized carbons (Fsp3) is 0.462. The molecule has 0 bridgehead atoms. The number of amides is 1. The molecule has 2 rings (SSSR count). The quantitative estimate of drug-likeness (QED) is 0.798. The maximum absolute atomic E-state index is 11.8. The highest BCUT2D eigenvalue weighted by molar-refractivity contribution is 5.83. The minimum absolute atomic E-state index is 0.106. The van der Waals surface area contributed by atoms with E-state index in [-0.39, 0.29) is 12.1 Å². The molecular formula is C13H17NO3. The molecule has 92 valence electrons. The molecule has 3 atom stereocenters. The molecule has 0 aromatic heterocycles. The van der Waals surface area contributed by atoms with Gasteiger partial charge in [-0.25, -0.2) is 0 Å². The fourth-order valence-electron chi connectivity index (χ4n) is 2.10. The number of carbonyl (C=O) groups is 1. The van der Waals surface area contributed by atoms with Crippen LogP contribution in [0.5, 0.6) is 0 Å². The topological polar surface area (TPSA) is 49.8 Å². The fourth-order valence-corrected chi connectivity index (χ4v) is 2.10. The van der Waals surface area contributed by atoms with E-state index in [0.717, 1.165) is 5.56 Å². The van der Waals surface area contributed by atoms with E-state index in [9.17, 15) is 9.90 Å². The first-order valence-corrected chi connectivity index (χ1v) is 5.66. The second-order valence-corrected chi connectivity index (χ2v) is 4.59. The molecular weight excluding hydrogens is 218 g/mol. The number of likely N-dealkylation sites (N-methyl/N-ethyl adjacent to an activating group) is 1. The number of rotatable bonds is 1. The van der Waals surface area contributed by atoms with E-state index in [1.807, 2.05) is 37.3 Å². The van der Waals surface area contributed by atoms with Gasteiger partial charge >= 0.3 is 0 Å². The molecule has 1 fully saturated rings. The van der Waals surface area contributed by atoms with Crippen molar-refractivity contribution in [3.63, 3.8) is 0 Å². The number of morpholine rings is 1. The van der Waals surface area contributed by atoms with Gasteiger partial charge in [0.25, 0.3) is 5.91 Å². The van der Waals surface area contributed by atoms with Crippen molar-refractivity contribution in [1.82, 2.24) is 4.90 Å². The molecule has 1 aromatic carbocycles. The van der Waals surface area contributed by atoms with Gasteiger partial charge in [-0.2, -0.15) is 0 Å². The van der Waals surface area contributed by atoms with Crippen LogP contribution in [0.25, 0.3) is 0 Å². The first-order valence-electron chi connectivity index (χ1n) is 5.66. The molecule has 17 heavy (non-hydrogen) atoms. The zero-order chi connectivity index (χ0) is 12.6. The summed E-state index contributed by atoms with van der Waals surface area (Å²) in [6.45, 7) is 3.29. The molecule has 1 N–H and O–H groups in total. The Hall–Kier alpha value is -1.39. The Morgan fingerprint density at radius 1 is 1.35 bits per heavy atom. The van der Waals surface area contributed by atoms with Crippen LogP contribution in [0.2, 0.25) is 0 Å². The smallest absolute Gasteiger partial charge is 0.282 e. The minimum Gasteiger partial charge on any atom is -0.358 e. The molecule has 0 spiro atoms. The lowest BCUT2D eigenvalue weighted by molar-refractivity contribution is -0.255. The maximum atomic E-state index is 11.8. The zero-order valence-electron chi connectivity index (χ0n) is 10.3. The van der Waals surface area contributed by atoms with Crippen molar-refractivity contribution >= 4 is 5.91 Å². The summed E-state index contributed by atoms with van der Waals surface area (Å²) < 4.78 is 5.52. The summed E-state index contributed by atoms with van der Waals surface area (Å²) in [5.74, 6) is -2.15. The van der Waals surface area contributed by atoms with Crippen LogP contribution in [0.3, 0.4) is 0 Å². The van der Waals surface area contributed by atoms with Crippen LogP contribution < -0.4 is 0 Å². The standard InChI is InChI=1S/C13H17NO3/c1-9-11(10-7-5-4-6-8-10)17-13(2,16)12(15)14(9)3/h4-9,11,16H,1-3H3/t9-,11-,13-/m0/s1. The SMILES string of the molecule is C[C@H]1[C@@H](c2ccccc2)O[C@](C)(O)C(=O)N1C. The number of hydrogen-bond acceptors (Lipinski definition) is 3. The summed E-state index contributed by atoms with van der Waals surface area (Å²) >= 11 is 0. The molecule has 4 nitrogen and oxygen atoms in total. The zero-order valence-corrected chi connectivity index (χ0v) is 10.3. The molecule has 4 heteroatoms. The maximum Gasteiger partial charge on any atom is 0.282 e. The summed E-state index contributed by atoms with van der Waals surface area (Å²) in [7, 11) is 1.68. The van der Waals surface area contributed by atoms with Crippen molar-refractivity contribution in [2.45, 2.75) is 31.8 Å². The van der Waals surface area contributed by atoms with Crippen LogP contribution in [-0.2, 0) is 9.53 Å². The second kappa shape index (κ2) is 4.13. The van der Waals surface area contributed by atoms with Gasteiger partial charge in [-0.3, -0.25) is 4.79 Å². The van der Waals surface area contributed by atoms with Gasteiger partial charge in [-0.15, -0.1) is 0 Å². The molecule has 0 aliphatic carbocycles. The Labute approximate surface area is 101 Å². The molecule has 0 radical (unpaired) electrons. The highest BCUT2D eigenvalue weighted by Gasteiger charge is 2.46. The van der Waals surface area contributed by atoms with Gasteiger partial charge in [0.1, 0.15) is 6.10 Å². The van der Waals surface area contributed by atoms with Crippen LogP contribution in [0.4, 0.5) is 0 Å². The summed E-state index contributed by atoms with van der Waals surface area (Å²) in [5, 5.41) is 9.95. The Morgan fingerprint density at radius 3 is 2.53 bits per heavy atom. The average molecular weight is 235 g/mol. The largest absolute Gasteiger partial charge is 0.358 e. The van der Waals surface area contributed by atoms with Crippen molar-refractivity contribution in [3.8, 4) is 0 Å². The summed E-state index contributed by atoms with van der Waals surface area (Å²) in [5.41, 5.74) is 0.958. The molecule has 1 amide bonds. The summed E-state index contributed by atoms with van der Waals surface area (Å²) in [6, 6.07) is 9.50. The molecule has 1 aromatic rings. The predicted octanol–water partition coefficient (Wildman–Crippen LogP) is 1.31. The Kier molecular flexibility index (Phi) is 2.93. The summed E-state index contributed by atoms with van der Waals surface area (Å²) in [6.07, 6.45) is -0.311.